The number of ether oxygens (including phenoxy) is 2. The fourth-order valence-electron chi connectivity index (χ4n) is 1.53. The van der Waals surface area contributed by atoms with Gasteiger partial charge in [0.1, 0.15) is 11.9 Å². The van der Waals surface area contributed by atoms with E-state index in [2.05, 4.69) is 6.92 Å². The molecule has 0 aromatic heterocycles. The summed E-state index contributed by atoms with van der Waals surface area (Å²) in [5.74, 6) is 0.858. The molecule has 0 amide bonds. The van der Waals surface area contributed by atoms with E-state index in [9.17, 15) is 0 Å². The fraction of sp³-hybridized carbons (Fsp3) is 0.538. The standard InChI is InChI=1S/C13H21NO2/c1-4-13(14)11-5-7-12(8-6-11)16-10(2)9-15-3/h5-8,10,13H,4,9,14H2,1-3H3/t10?,13-/m1/s1. The van der Waals surface area contributed by atoms with Gasteiger partial charge in [0.25, 0.3) is 0 Å². The zero-order valence-electron chi connectivity index (χ0n) is 10.3. The van der Waals surface area contributed by atoms with Crippen molar-refractivity contribution in [2.75, 3.05) is 13.7 Å². The predicted octanol–water partition coefficient (Wildman–Crippen LogP) is 2.51. The van der Waals surface area contributed by atoms with E-state index < -0.39 is 0 Å². The minimum Gasteiger partial charge on any atom is -0.488 e. The van der Waals surface area contributed by atoms with Crippen molar-refractivity contribution >= 4 is 0 Å². The molecule has 0 heterocycles. The minimum atomic E-state index is 0.0655. The highest BCUT2D eigenvalue weighted by Gasteiger charge is 2.05. The van der Waals surface area contributed by atoms with Crippen molar-refractivity contribution in [3.8, 4) is 5.75 Å². The molecule has 0 spiro atoms. The van der Waals surface area contributed by atoms with E-state index in [1.165, 1.54) is 0 Å². The van der Waals surface area contributed by atoms with Crippen LogP contribution in [0, 0.1) is 0 Å². The van der Waals surface area contributed by atoms with Gasteiger partial charge >= 0.3 is 0 Å². The molecule has 0 bridgehead atoms. The molecule has 1 aromatic rings. The van der Waals surface area contributed by atoms with Gasteiger partial charge in [0.05, 0.1) is 6.61 Å². The summed E-state index contributed by atoms with van der Waals surface area (Å²) in [6, 6.07) is 8.06. The molecule has 0 aliphatic heterocycles. The van der Waals surface area contributed by atoms with Crippen molar-refractivity contribution in [3.63, 3.8) is 0 Å². The number of nitrogens with two attached hydrogens (primary N) is 1. The summed E-state index contributed by atoms with van der Waals surface area (Å²) in [5.41, 5.74) is 7.08. The molecule has 16 heavy (non-hydrogen) atoms. The Morgan fingerprint density at radius 3 is 2.38 bits per heavy atom. The summed E-state index contributed by atoms with van der Waals surface area (Å²) in [7, 11) is 1.67. The molecular weight excluding hydrogens is 202 g/mol. The first-order chi connectivity index (χ1) is 7.67. The summed E-state index contributed by atoms with van der Waals surface area (Å²) in [6.45, 7) is 4.65. The van der Waals surface area contributed by atoms with E-state index in [1.54, 1.807) is 7.11 Å². The van der Waals surface area contributed by atoms with Crippen LogP contribution in [0.2, 0.25) is 0 Å². The Morgan fingerprint density at radius 2 is 1.88 bits per heavy atom. The Bertz CT molecular complexity index is 297. The molecule has 1 aromatic carbocycles. The van der Waals surface area contributed by atoms with E-state index in [0.29, 0.717) is 6.61 Å². The zero-order chi connectivity index (χ0) is 12.0. The third kappa shape index (κ3) is 3.83. The highest BCUT2D eigenvalue weighted by Crippen LogP contribution is 2.19. The first kappa shape index (κ1) is 13.0. The lowest BCUT2D eigenvalue weighted by molar-refractivity contribution is 0.0921. The first-order valence-corrected chi connectivity index (χ1v) is 5.68. The minimum absolute atomic E-state index is 0.0655. The Labute approximate surface area is 97.6 Å². The summed E-state index contributed by atoms with van der Waals surface area (Å²) in [5, 5.41) is 0. The third-order valence-corrected chi connectivity index (χ3v) is 2.49. The van der Waals surface area contributed by atoms with E-state index in [1.807, 2.05) is 31.2 Å². The second-order valence-corrected chi connectivity index (χ2v) is 3.97. The van der Waals surface area contributed by atoms with Gasteiger partial charge in [0, 0.05) is 13.2 Å². The highest BCUT2D eigenvalue weighted by atomic mass is 16.5. The van der Waals surface area contributed by atoms with Crippen LogP contribution in [-0.2, 0) is 4.74 Å². The van der Waals surface area contributed by atoms with Gasteiger partial charge in [-0.2, -0.15) is 0 Å². The lowest BCUT2D eigenvalue weighted by Gasteiger charge is -2.15. The normalized spacial score (nSPS) is 14.5. The smallest absolute Gasteiger partial charge is 0.119 e. The van der Waals surface area contributed by atoms with Gasteiger partial charge in [0.15, 0.2) is 0 Å². The summed E-state index contributed by atoms with van der Waals surface area (Å²) >= 11 is 0. The molecule has 2 N–H and O–H groups in total. The Morgan fingerprint density at radius 1 is 1.25 bits per heavy atom. The summed E-state index contributed by atoms with van der Waals surface area (Å²) in [4.78, 5) is 0. The molecule has 1 rings (SSSR count). The van der Waals surface area contributed by atoms with Crippen LogP contribution in [0.4, 0.5) is 0 Å². The number of rotatable bonds is 6. The first-order valence-electron chi connectivity index (χ1n) is 5.68. The zero-order valence-corrected chi connectivity index (χ0v) is 10.3. The van der Waals surface area contributed by atoms with Gasteiger partial charge in [-0.3, -0.25) is 0 Å². The molecule has 3 heteroatoms. The Balaban J connectivity index is 2.57. The average molecular weight is 223 g/mol. The van der Waals surface area contributed by atoms with E-state index >= 15 is 0 Å². The van der Waals surface area contributed by atoms with Crippen LogP contribution < -0.4 is 10.5 Å². The summed E-state index contributed by atoms with van der Waals surface area (Å²) in [6.07, 6.45) is 1.01. The number of methoxy groups -OCH3 is 1. The molecule has 0 saturated carbocycles. The monoisotopic (exact) mass is 223 g/mol. The van der Waals surface area contributed by atoms with Crippen molar-refractivity contribution in [3.05, 3.63) is 29.8 Å². The maximum atomic E-state index is 5.93. The molecule has 2 atom stereocenters. The Hall–Kier alpha value is -1.06. The topological polar surface area (TPSA) is 44.5 Å². The molecule has 0 fully saturated rings. The van der Waals surface area contributed by atoms with Crippen molar-refractivity contribution in [2.45, 2.75) is 32.4 Å². The van der Waals surface area contributed by atoms with Crippen LogP contribution in [0.5, 0.6) is 5.75 Å². The largest absolute Gasteiger partial charge is 0.488 e. The molecule has 3 nitrogen and oxygen atoms in total. The van der Waals surface area contributed by atoms with Crippen molar-refractivity contribution < 1.29 is 9.47 Å². The van der Waals surface area contributed by atoms with Crippen LogP contribution in [0.15, 0.2) is 24.3 Å². The lowest BCUT2D eigenvalue weighted by Crippen LogP contribution is -2.18. The van der Waals surface area contributed by atoms with Crippen molar-refractivity contribution in [1.82, 2.24) is 0 Å². The third-order valence-electron chi connectivity index (χ3n) is 2.49. The van der Waals surface area contributed by atoms with Crippen LogP contribution in [0.25, 0.3) is 0 Å². The van der Waals surface area contributed by atoms with Gasteiger partial charge in [0.2, 0.25) is 0 Å². The molecule has 0 saturated heterocycles. The van der Waals surface area contributed by atoms with Crippen molar-refractivity contribution in [2.24, 2.45) is 5.73 Å². The molecule has 90 valence electrons. The SMILES string of the molecule is CC[C@@H](N)c1ccc(OC(C)COC)cc1. The number of hydrogen-bond acceptors (Lipinski definition) is 3. The summed E-state index contributed by atoms with van der Waals surface area (Å²) < 4.78 is 10.7. The maximum absolute atomic E-state index is 5.93. The van der Waals surface area contributed by atoms with E-state index in [-0.39, 0.29) is 12.1 Å². The molecule has 0 aliphatic rings. The van der Waals surface area contributed by atoms with Crippen LogP contribution >= 0.6 is 0 Å². The molecule has 1 unspecified atom stereocenters. The van der Waals surface area contributed by atoms with Gasteiger partial charge in [-0.25, -0.2) is 0 Å². The number of hydrogen-bond donors (Lipinski definition) is 1. The van der Waals surface area contributed by atoms with Gasteiger partial charge in [-0.05, 0) is 31.0 Å². The second kappa shape index (κ2) is 6.51. The quantitative estimate of drug-likeness (QED) is 0.806. The predicted molar refractivity (Wildman–Crippen MR) is 65.6 cm³/mol. The highest BCUT2D eigenvalue weighted by molar-refractivity contribution is 5.29. The van der Waals surface area contributed by atoms with Gasteiger partial charge in [-0.1, -0.05) is 19.1 Å². The van der Waals surface area contributed by atoms with Crippen molar-refractivity contribution in [1.29, 1.82) is 0 Å². The molecular formula is C13H21NO2. The molecule has 0 aliphatic carbocycles. The van der Waals surface area contributed by atoms with Crippen LogP contribution in [0.1, 0.15) is 31.9 Å². The van der Waals surface area contributed by atoms with Gasteiger partial charge < -0.3 is 15.2 Å². The average Bonchev–Trinajstić information content (AvgIpc) is 2.29. The fourth-order valence-corrected chi connectivity index (χ4v) is 1.53. The van der Waals surface area contributed by atoms with E-state index in [0.717, 1.165) is 17.7 Å². The van der Waals surface area contributed by atoms with Crippen LogP contribution in [-0.4, -0.2) is 19.8 Å². The van der Waals surface area contributed by atoms with E-state index in [4.69, 9.17) is 15.2 Å². The van der Waals surface area contributed by atoms with Crippen LogP contribution in [0.3, 0.4) is 0 Å². The Kier molecular flexibility index (Phi) is 5.29. The van der Waals surface area contributed by atoms with Gasteiger partial charge in [-0.15, -0.1) is 0 Å². The molecule has 0 radical (unpaired) electrons. The second-order valence-electron chi connectivity index (χ2n) is 3.97. The lowest BCUT2D eigenvalue weighted by atomic mass is 10.1. The maximum Gasteiger partial charge on any atom is 0.119 e. The number of benzene rings is 1.